The van der Waals surface area contributed by atoms with Crippen molar-refractivity contribution in [2.24, 2.45) is 5.92 Å². The summed E-state index contributed by atoms with van der Waals surface area (Å²) in [6.07, 6.45) is 4.90. The zero-order valence-corrected chi connectivity index (χ0v) is 11.7. The van der Waals surface area contributed by atoms with Gasteiger partial charge in [-0.25, -0.2) is 0 Å². The first-order chi connectivity index (χ1) is 9.58. The lowest BCUT2D eigenvalue weighted by Crippen LogP contribution is -2.23. The second-order valence-corrected chi connectivity index (χ2v) is 4.86. The Morgan fingerprint density at radius 2 is 1.95 bits per heavy atom. The van der Waals surface area contributed by atoms with Crippen LogP contribution in [-0.4, -0.2) is 23.5 Å². The van der Waals surface area contributed by atoms with Crippen LogP contribution >= 0.6 is 0 Å². The van der Waals surface area contributed by atoms with Gasteiger partial charge in [0.05, 0.1) is 0 Å². The molecule has 0 aromatic heterocycles. The highest BCUT2D eigenvalue weighted by Crippen LogP contribution is 2.09. The van der Waals surface area contributed by atoms with Gasteiger partial charge < -0.3 is 10.4 Å². The molecule has 0 bridgehead atoms. The summed E-state index contributed by atoms with van der Waals surface area (Å²) in [5.41, 5.74) is 0.984. The molecule has 0 fully saturated rings. The highest BCUT2D eigenvalue weighted by Gasteiger charge is 2.05. The van der Waals surface area contributed by atoms with Crippen molar-refractivity contribution < 1.29 is 14.7 Å². The Labute approximate surface area is 119 Å². The van der Waals surface area contributed by atoms with E-state index in [1.165, 1.54) is 6.08 Å². The van der Waals surface area contributed by atoms with Crippen LogP contribution in [0.4, 0.5) is 0 Å². The third-order valence-corrected chi connectivity index (χ3v) is 3.01. The second-order valence-electron chi connectivity index (χ2n) is 4.86. The van der Waals surface area contributed by atoms with Crippen molar-refractivity contribution in [2.75, 3.05) is 6.54 Å². The SMILES string of the molecule is CC(CCNC(=O)C=Cc1ccccc1)CCC(=O)O. The fourth-order valence-electron chi connectivity index (χ4n) is 1.75. The molecule has 1 aromatic carbocycles. The van der Waals surface area contributed by atoms with Crippen molar-refractivity contribution in [1.82, 2.24) is 5.32 Å². The van der Waals surface area contributed by atoms with Gasteiger partial charge in [-0.3, -0.25) is 9.59 Å². The summed E-state index contributed by atoms with van der Waals surface area (Å²) < 4.78 is 0. The standard InChI is InChI=1S/C16H21NO3/c1-13(7-10-16(19)20)11-12-17-15(18)9-8-14-5-3-2-4-6-14/h2-6,8-9,13H,7,10-12H2,1H3,(H,17,18)(H,19,20). The molecule has 0 spiro atoms. The number of benzene rings is 1. The van der Waals surface area contributed by atoms with E-state index in [0.717, 1.165) is 12.0 Å². The number of carboxylic acid groups (broad SMARTS) is 1. The van der Waals surface area contributed by atoms with Gasteiger partial charge in [0.25, 0.3) is 0 Å². The zero-order valence-electron chi connectivity index (χ0n) is 11.7. The molecule has 20 heavy (non-hydrogen) atoms. The molecule has 4 nitrogen and oxygen atoms in total. The Hall–Kier alpha value is -2.10. The minimum atomic E-state index is -0.772. The fourth-order valence-corrected chi connectivity index (χ4v) is 1.75. The predicted octanol–water partition coefficient (Wildman–Crippen LogP) is 2.71. The van der Waals surface area contributed by atoms with E-state index >= 15 is 0 Å². The minimum Gasteiger partial charge on any atom is -0.481 e. The number of aliphatic carboxylic acids is 1. The molecule has 0 aliphatic heterocycles. The lowest BCUT2D eigenvalue weighted by atomic mass is 10.0. The number of hydrogen-bond donors (Lipinski definition) is 2. The number of carboxylic acids is 1. The second kappa shape index (κ2) is 8.91. The summed E-state index contributed by atoms with van der Waals surface area (Å²) in [5, 5.41) is 11.4. The number of amides is 1. The molecule has 1 rings (SSSR count). The molecular weight excluding hydrogens is 254 g/mol. The van der Waals surface area contributed by atoms with Gasteiger partial charge in [0.1, 0.15) is 0 Å². The summed E-state index contributed by atoms with van der Waals surface area (Å²) in [7, 11) is 0. The van der Waals surface area contributed by atoms with Crippen LogP contribution in [0.25, 0.3) is 6.08 Å². The summed E-state index contributed by atoms with van der Waals surface area (Å²) in [6.45, 7) is 2.56. The zero-order chi connectivity index (χ0) is 14.8. The first-order valence-electron chi connectivity index (χ1n) is 6.80. The molecule has 0 saturated carbocycles. The van der Waals surface area contributed by atoms with E-state index in [4.69, 9.17) is 5.11 Å². The van der Waals surface area contributed by atoms with Gasteiger partial charge >= 0.3 is 5.97 Å². The minimum absolute atomic E-state index is 0.126. The highest BCUT2D eigenvalue weighted by atomic mass is 16.4. The first kappa shape index (κ1) is 16.0. The van der Waals surface area contributed by atoms with Crippen LogP contribution in [0.5, 0.6) is 0 Å². The Morgan fingerprint density at radius 3 is 2.60 bits per heavy atom. The smallest absolute Gasteiger partial charge is 0.303 e. The number of nitrogens with one attached hydrogen (secondary N) is 1. The number of hydrogen-bond acceptors (Lipinski definition) is 2. The quantitative estimate of drug-likeness (QED) is 0.717. The van der Waals surface area contributed by atoms with Crippen LogP contribution in [0.2, 0.25) is 0 Å². The van der Waals surface area contributed by atoms with Crippen LogP contribution < -0.4 is 5.32 Å². The maximum Gasteiger partial charge on any atom is 0.303 e. The average Bonchev–Trinajstić information content (AvgIpc) is 2.44. The van der Waals surface area contributed by atoms with Crippen LogP contribution in [0.1, 0.15) is 31.7 Å². The topological polar surface area (TPSA) is 66.4 Å². The van der Waals surface area contributed by atoms with Crippen LogP contribution in [0.15, 0.2) is 36.4 Å². The van der Waals surface area contributed by atoms with Crippen molar-refractivity contribution in [2.45, 2.75) is 26.2 Å². The normalized spacial score (nSPS) is 12.2. The van der Waals surface area contributed by atoms with Crippen molar-refractivity contribution in [3.05, 3.63) is 42.0 Å². The van der Waals surface area contributed by atoms with Gasteiger partial charge in [0.2, 0.25) is 5.91 Å². The first-order valence-corrected chi connectivity index (χ1v) is 6.80. The molecule has 0 aliphatic rings. The Bertz CT molecular complexity index is 454. The third kappa shape index (κ3) is 7.36. The van der Waals surface area contributed by atoms with E-state index in [2.05, 4.69) is 5.32 Å². The van der Waals surface area contributed by atoms with Gasteiger partial charge in [-0.1, -0.05) is 37.3 Å². The lowest BCUT2D eigenvalue weighted by Gasteiger charge is -2.09. The monoisotopic (exact) mass is 275 g/mol. The summed E-state index contributed by atoms with van der Waals surface area (Å²) in [4.78, 5) is 22.0. The van der Waals surface area contributed by atoms with E-state index in [1.807, 2.05) is 37.3 Å². The maximum atomic E-state index is 11.6. The fraction of sp³-hybridized carbons (Fsp3) is 0.375. The molecule has 1 amide bonds. The van der Waals surface area contributed by atoms with Crippen LogP contribution in [-0.2, 0) is 9.59 Å². The van der Waals surface area contributed by atoms with Crippen molar-refractivity contribution in [3.8, 4) is 0 Å². The number of rotatable bonds is 8. The molecule has 4 heteroatoms. The number of carbonyl (C=O) groups is 2. The van der Waals surface area contributed by atoms with Gasteiger partial charge in [0.15, 0.2) is 0 Å². The Morgan fingerprint density at radius 1 is 1.25 bits per heavy atom. The molecule has 1 aromatic rings. The Kier molecular flexibility index (Phi) is 7.11. The molecule has 108 valence electrons. The largest absolute Gasteiger partial charge is 0.481 e. The van der Waals surface area contributed by atoms with E-state index in [-0.39, 0.29) is 12.3 Å². The molecule has 2 N–H and O–H groups in total. The predicted molar refractivity (Wildman–Crippen MR) is 79.1 cm³/mol. The summed E-state index contributed by atoms with van der Waals surface area (Å²) in [6, 6.07) is 9.62. The third-order valence-electron chi connectivity index (χ3n) is 3.01. The molecule has 1 unspecified atom stereocenters. The van der Waals surface area contributed by atoms with E-state index in [9.17, 15) is 9.59 Å². The van der Waals surface area contributed by atoms with E-state index in [0.29, 0.717) is 18.9 Å². The molecule has 0 aliphatic carbocycles. The van der Waals surface area contributed by atoms with E-state index in [1.54, 1.807) is 6.08 Å². The average molecular weight is 275 g/mol. The van der Waals surface area contributed by atoms with Crippen molar-refractivity contribution in [3.63, 3.8) is 0 Å². The van der Waals surface area contributed by atoms with Gasteiger partial charge in [-0.15, -0.1) is 0 Å². The van der Waals surface area contributed by atoms with Gasteiger partial charge in [0, 0.05) is 19.0 Å². The maximum absolute atomic E-state index is 11.6. The van der Waals surface area contributed by atoms with Gasteiger partial charge in [-0.05, 0) is 30.4 Å². The van der Waals surface area contributed by atoms with Crippen LogP contribution in [0.3, 0.4) is 0 Å². The number of carbonyl (C=O) groups excluding carboxylic acids is 1. The van der Waals surface area contributed by atoms with Crippen molar-refractivity contribution >= 4 is 18.0 Å². The molecular formula is C16H21NO3. The molecule has 1 atom stereocenters. The lowest BCUT2D eigenvalue weighted by molar-refractivity contribution is -0.137. The van der Waals surface area contributed by atoms with E-state index < -0.39 is 5.97 Å². The van der Waals surface area contributed by atoms with Crippen LogP contribution in [0, 0.1) is 5.92 Å². The molecule has 0 heterocycles. The molecule has 0 saturated heterocycles. The Balaban J connectivity index is 2.20. The summed E-state index contributed by atoms with van der Waals surface area (Å²) in [5.74, 6) is -0.601. The highest BCUT2D eigenvalue weighted by molar-refractivity contribution is 5.91. The summed E-state index contributed by atoms with van der Waals surface area (Å²) >= 11 is 0. The van der Waals surface area contributed by atoms with Crippen molar-refractivity contribution in [1.29, 1.82) is 0 Å². The molecule has 0 radical (unpaired) electrons. The van der Waals surface area contributed by atoms with Gasteiger partial charge in [-0.2, -0.15) is 0 Å².